The molecule has 3 aromatic rings. The molecule has 2 fully saturated rings. The summed E-state index contributed by atoms with van der Waals surface area (Å²) in [4.78, 5) is 30.2. The SMILES string of the molecule is Cc1ccc(C2CC3CCC(C2CN(C)C(=O)CN(C)c2ccc([N+](=O)[O-])c4nonc24)N3C)cc1. The van der Waals surface area contributed by atoms with Crippen molar-refractivity contribution in [1.82, 2.24) is 20.1 Å². The molecule has 5 rings (SSSR count). The fourth-order valence-electron chi connectivity index (χ4n) is 6.15. The molecule has 190 valence electrons. The van der Waals surface area contributed by atoms with Crippen LogP contribution in [-0.2, 0) is 4.79 Å². The maximum Gasteiger partial charge on any atom is 0.300 e. The summed E-state index contributed by atoms with van der Waals surface area (Å²) < 4.78 is 4.77. The highest BCUT2D eigenvalue weighted by Gasteiger charge is 2.46. The van der Waals surface area contributed by atoms with Gasteiger partial charge in [-0.15, -0.1) is 0 Å². The largest absolute Gasteiger partial charge is 0.363 e. The average molecular weight is 493 g/mol. The van der Waals surface area contributed by atoms with Crippen LogP contribution in [0.4, 0.5) is 11.4 Å². The number of hydrogen-bond acceptors (Lipinski definition) is 8. The molecule has 2 saturated heterocycles. The highest BCUT2D eigenvalue weighted by Crippen LogP contribution is 2.46. The van der Waals surface area contributed by atoms with Crippen molar-refractivity contribution in [2.24, 2.45) is 5.92 Å². The summed E-state index contributed by atoms with van der Waals surface area (Å²) in [5.74, 6) is 0.746. The molecule has 4 atom stereocenters. The lowest BCUT2D eigenvalue weighted by atomic mass is 9.75. The van der Waals surface area contributed by atoms with Gasteiger partial charge in [0.1, 0.15) is 0 Å². The molecule has 0 radical (unpaired) electrons. The van der Waals surface area contributed by atoms with Gasteiger partial charge in [-0.1, -0.05) is 29.8 Å². The Morgan fingerprint density at radius 2 is 1.86 bits per heavy atom. The van der Waals surface area contributed by atoms with Crippen molar-refractivity contribution >= 4 is 28.3 Å². The van der Waals surface area contributed by atoms with Gasteiger partial charge >= 0.3 is 5.69 Å². The van der Waals surface area contributed by atoms with Crippen LogP contribution in [0.5, 0.6) is 0 Å². The van der Waals surface area contributed by atoms with Gasteiger partial charge in [-0.2, -0.15) is 0 Å². The summed E-state index contributed by atoms with van der Waals surface area (Å²) in [6.45, 7) is 2.89. The van der Waals surface area contributed by atoms with Gasteiger partial charge in [0.15, 0.2) is 5.52 Å². The molecule has 10 nitrogen and oxygen atoms in total. The molecule has 2 aliphatic heterocycles. The maximum absolute atomic E-state index is 13.3. The van der Waals surface area contributed by atoms with Crippen LogP contribution in [0.1, 0.15) is 36.3 Å². The molecule has 0 aliphatic carbocycles. The van der Waals surface area contributed by atoms with E-state index in [1.807, 2.05) is 11.9 Å². The zero-order valence-electron chi connectivity index (χ0n) is 21.1. The molecule has 1 amide bonds. The monoisotopic (exact) mass is 492 g/mol. The Morgan fingerprint density at radius 3 is 2.58 bits per heavy atom. The van der Waals surface area contributed by atoms with Crippen LogP contribution >= 0.6 is 0 Å². The first kappa shape index (κ1) is 24.2. The smallest absolute Gasteiger partial charge is 0.300 e. The van der Waals surface area contributed by atoms with Gasteiger partial charge < -0.3 is 14.7 Å². The molecule has 4 unspecified atom stereocenters. The number of carbonyl (C=O) groups is 1. The summed E-state index contributed by atoms with van der Waals surface area (Å²) in [7, 11) is 5.86. The van der Waals surface area contributed by atoms with E-state index in [1.165, 1.54) is 23.6 Å². The molecule has 3 heterocycles. The van der Waals surface area contributed by atoms with Crippen LogP contribution < -0.4 is 4.90 Å². The Morgan fingerprint density at radius 1 is 1.14 bits per heavy atom. The van der Waals surface area contributed by atoms with Crippen LogP contribution in [0, 0.1) is 23.0 Å². The molecular weight excluding hydrogens is 460 g/mol. The average Bonchev–Trinajstić information content (AvgIpc) is 3.43. The Balaban J connectivity index is 1.32. The first-order valence-corrected chi connectivity index (χ1v) is 12.4. The van der Waals surface area contributed by atoms with E-state index in [-0.39, 0.29) is 29.2 Å². The molecule has 0 saturated carbocycles. The van der Waals surface area contributed by atoms with Crippen molar-refractivity contribution in [3.8, 4) is 0 Å². The van der Waals surface area contributed by atoms with Crippen LogP contribution in [0.15, 0.2) is 41.0 Å². The number of aromatic nitrogens is 2. The minimum Gasteiger partial charge on any atom is -0.363 e. The number of non-ortho nitro benzene ring substituents is 1. The molecule has 2 aromatic carbocycles. The lowest BCUT2D eigenvalue weighted by Gasteiger charge is -2.44. The van der Waals surface area contributed by atoms with Crippen molar-refractivity contribution in [3.05, 3.63) is 57.6 Å². The normalized spacial score (nSPS) is 23.7. The summed E-state index contributed by atoms with van der Waals surface area (Å²) >= 11 is 0. The molecular formula is C26H32N6O4. The molecule has 0 N–H and O–H groups in total. The number of amides is 1. The van der Waals surface area contributed by atoms with Gasteiger partial charge in [-0.3, -0.25) is 14.9 Å². The number of piperidine rings is 1. The van der Waals surface area contributed by atoms with Gasteiger partial charge in [0.25, 0.3) is 0 Å². The minimum absolute atomic E-state index is 0.0223. The van der Waals surface area contributed by atoms with E-state index in [0.717, 1.165) is 12.8 Å². The number of nitro benzene ring substituents is 1. The van der Waals surface area contributed by atoms with Gasteiger partial charge in [-0.05, 0) is 67.0 Å². The zero-order chi connectivity index (χ0) is 25.6. The number of nitrogens with zero attached hydrogens (tertiary/aromatic N) is 6. The molecule has 0 spiro atoms. The fourth-order valence-corrected chi connectivity index (χ4v) is 6.15. The highest BCUT2D eigenvalue weighted by atomic mass is 16.6. The topological polar surface area (TPSA) is 109 Å². The number of likely N-dealkylation sites (N-methyl/N-ethyl adjacent to an activating group) is 2. The van der Waals surface area contributed by atoms with E-state index in [1.54, 1.807) is 18.0 Å². The standard InChI is InChI=1S/C26H32N6O4/c1-16-5-7-17(8-6-16)19-13-18-9-10-21(31(18)4)20(19)14-30(3)24(33)15-29(2)22-11-12-23(32(34)35)26-25(22)27-36-28-26/h5-8,11-12,18-21H,9-10,13-15H2,1-4H3. The third-order valence-corrected chi connectivity index (χ3v) is 8.20. The predicted molar refractivity (Wildman–Crippen MR) is 136 cm³/mol. The number of rotatable bonds is 7. The summed E-state index contributed by atoms with van der Waals surface area (Å²) in [5.41, 5.74) is 3.35. The van der Waals surface area contributed by atoms with Crippen molar-refractivity contribution in [3.63, 3.8) is 0 Å². The van der Waals surface area contributed by atoms with E-state index in [2.05, 4.69) is 53.5 Å². The van der Waals surface area contributed by atoms with Crippen molar-refractivity contribution < 1.29 is 14.3 Å². The second-order valence-corrected chi connectivity index (χ2v) is 10.3. The predicted octanol–water partition coefficient (Wildman–Crippen LogP) is 3.60. The number of aryl methyl sites for hydroxylation is 1. The number of anilines is 1. The Bertz CT molecular complexity index is 1280. The van der Waals surface area contributed by atoms with Crippen LogP contribution in [0.2, 0.25) is 0 Å². The van der Waals surface area contributed by atoms with Crippen LogP contribution in [0.3, 0.4) is 0 Å². The van der Waals surface area contributed by atoms with Crippen LogP contribution in [-0.4, -0.2) is 77.3 Å². The second kappa shape index (κ2) is 9.50. The van der Waals surface area contributed by atoms with E-state index in [0.29, 0.717) is 36.2 Å². The summed E-state index contributed by atoms with van der Waals surface area (Å²) in [5, 5.41) is 18.8. The van der Waals surface area contributed by atoms with E-state index < -0.39 is 4.92 Å². The summed E-state index contributed by atoms with van der Waals surface area (Å²) in [6, 6.07) is 12.9. The molecule has 2 aliphatic rings. The Hall–Kier alpha value is -3.53. The van der Waals surface area contributed by atoms with Gasteiger partial charge in [0, 0.05) is 38.8 Å². The Labute approximate surface area is 209 Å². The number of fused-ring (bicyclic) bond motifs is 3. The number of carbonyl (C=O) groups excluding carboxylic acids is 1. The minimum atomic E-state index is -0.519. The third kappa shape index (κ3) is 4.30. The first-order chi connectivity index (χ1) is 17.2. The second-order valence-electron chi connectivity index (χ2n) is 10.3. The maximum atomic E-state index is 13.3. The first-order valence-electron chi connectivity index (χ1n) is 12.4. The lowest BCUT2D eigenvalue weighted by Crippen LogP contribution is -2.50. The molecule has 36 heavy (non-hydrogen) atoms. The van der Waals surface area contributed by atoms with Crippen LogP contribution in [0.25, 0.3) is 11.0 Å². The number of hydrogen-bond donors (Lipinski definition) is 0. The third-order valence-electron chi connectivity index (χ3n) is 8.20. The van der Waals surface area contributed by atoms with E-state index >= 15 is 0 Å². The molecule has 10 heteroatoms. The molecule has 1 aromatic heterocycles. The number of benzene rings is 2. The Kier molecular flexibility index (Phi) is 6.38. The zero-order valence-corrected chi connectivity index (χ0v) is 21.1. The van der Waals surface area contributed by atoms with Crippen molar-refractivity contribution in [2.75, 3.05) is 39.1 Å². The highest BCUT2D eigenvalue weighted by molar-refractivity contribution is 5.95. The lowest BCUT2D eigenvalue weighted by molar-refractivity contribution is -0.383. The van der Waals surface area contributed by atoms with Gasteiger partial charge in [0.2, 0.25) is 11.4 Å². The van der Waals surface area contributed by atoms with Crippen molar-refractivity contribution in [1.29, 1.82) is 0 Å². The summed E-state index contributed by atoms with van der Waals surface area (Å²) in [6.07, 6.45) is 3.49. The van der Waals surface area contributed by atoms with E-state index in [9.17, 15) is 14.9 Å². The number of nitro groups is 1. The molecule has 2 bridgehead atoms. The van der Waals surface area contributed by atoms with Crippen molar-refractivity contribution in [2.45, 2.75) is 44.2 Å². The fraction of sp³-hybridized carbons (Fsp3) is 0.500. The van der Waals surface area contributed by atoms with E-state index in [4.69, 9.17) is 4.63 Å². The quantitative estimate of drug-likeness (QED) is 0.364. The van der Waals surface area contributed by atoms with Gasteiger partial charge in [0.05, 0.1) is 17.2 Å². The van der Waals surface area contributed by atoms with Gasteiger partial charge in [-0.25, -0.2) is 4.63 Å².